The largest absolute Gasteiger partial charge is 0.327 e. The maximum absolute atomic E-state index is 8.54. The van der Waals surface area contributed by atoms with Crippen molar-refractivity contribution >= 4 is 0 Å². The van der Waals surface area contributed by atoms with Gasteiger partial charge in [0.25, 0.3) is 0 Å². The van der Waals surface area contributed by atoms with E-state index in [0.29, 0.717) is 5.92 Å². The van der Waals surface area contributed by atoms with Gasteiger partial charge in [0, 0.05) is 6.04 Å². The molecule has 0 aromatic rings. The van der Waals surface area contributed by atoms with Crippen LogP contribution in [0.5, 0.6) is 0 Å². The van der Waals surface area contributed by atoms with Gasteiger partial charge < -0.3 is 5.73 Å². The average Bonchev–Trinajstić information content (AvgIpc) is 1.64. The molecule has 9 heavy (non-hydrogen) atoms. The van der Waals surface area contributed by atoms with Gasteiger partial charge in [0.1, 0.15) is 0 Å². The molecule has 0 saturated carbocycles. The molecule has 0 saturated heterocycles. The molecule has 0 aliphatic rings. The van der Waals surface area contributed by atoms with Gasteiger partial charge in [0.2, 0.25) is 0 Å². The molecule has 2 atom stereocenters. The van der Waals surface area contributed by atoms with Crippen LogP contribution >= 0.6 is 0 Å². The van der Waals surface area contributed by atoms with Gasteiger partial charge in [-0.15, -0.1) is 0 Å². The summed E-state index contributed by atoms with van der Waals surface area (Å²) in [6.45, 7) is 5.89. The van der Waals surface area contributed by atoms with Gasteiger partial charge in [-0.2, -0.15) is 5.26 Å². The lowest BCUT2D eigenvalue weighted by Gasteiger charge is -2.15. The van der Waals surface area contributed by atoms with E-state index in [2.05, 4.69) is 6.07 Å². The molecule has 2 heteroatoms. The zero-order valence-electron chi connectivity index (χ0n) is 6.26. The zero-order valence-corrected chi connectivity index (χ0v) is 6.26. The smallest absolute Gasteiger partial charge is 0.0674 e. The van der Waals surface area contributed by atoms with Crippen LogP contribution in [0.3, 0.4) is 0 Å². The van der Waals surface area contributed by atoms with Crippen molar-refractivity contribution in [1.29, 1.82) is 5.26 Å². The number of nitrogens with zero attached hydrogens (tertiary/aromatic N) is 1. The summed E-state index contributed by atoms with van der Waals surface area (Å²) in [4.78, 5) is 0. The monoisotopic (exact) mass is 126 g/mol. The maximum Gasteiger partial charge on any atom is 0.0674 e. The average molecular weight is 126 g/mol. The first-order valence-corrected chi connectivity index (χ1v) is 3.24. The molecule has 0 bridgehead atoms. The number of hydrogen-bond donors (Lipinski definition) is 1. The predicted octanol–water partition coefficient (Wildman–Crippen LogP) is 1.13. The second-order valence-corrected chi connectivity index (χ2v) is 2.76. The summed E-state index contributed by atoms with van der Waals surface area (Å²) >= 11 is 0. The van der Waals surface area contributed by atoms with Crippen molar-refractivity contribution in [3.63, 3.8) is 0 Å². The summed E-state index contributed by atoms with van der Waals surface area (Å²) in [5.74, 6) is 0.375. The van der Waals surface area contributed by atoms with Crippen molar-refractivity contribution < 1.29 is 0 Å². The molecule has 0 amide bonds. The van der Waals surface area contributed by atoms with Crippen molar-refractivity contribution in [2.45, 2.75) is 26.8 Å². The Hall–Kier alpha value is -0.550. The van der Waals surface area contributed by atoms with Crippen molar-refractivity contribution in [2.75, 3.05) is 0 Å². The number of nitriles is 1. The van der Waals surface area contributed by atoms with Gasteiger partial charge in [0.05, 0.1) is 12.0 Å². The van der Waals surface area contributed by atoms with E-state index in [0.717, 1.165) is 0 Å². The van der Waals surface area contributed by atoms with Crippen LogP contribution in [0.2, 0.25) is 0 Å². The molecule has 0 heterocycles. The predicted molar refractivity (Wildman–Crippen MR) is 37.6 cm³/mol. The molecule has 0 aromatic carbocycles. The van der Waals surface area contributed by atoms with Crippen molar-refractivity contribution in [1.82, 2.24) is 0 Å². The van der Waals surface area contributed by atoms with E-state index in [1.165, 1.54) is 0 Å². The molecule has 0 spiro atoms. The van der Waals surface area contributed by atoms with Crippen molar-refractivity contribution in [3.05, 3.63) is 0 Å². The Kier molecular flexibility index (Phi) is 3.26. The van der Waals surface area contributed by atoms with E-state index in [4.69, 9.17) is 11.0 Å². The van der Waals surface area contributed by atoms with Gasteiger partial charge in [-0.05, 0) is 12.8 Å². The van der Waals surface area contributed by atoms with Crippen LogP contribution in [0.15, 0.2) is 0 Å². The number of nitrogens with two attached hydrogens (primary N) is 1. The summed E-state index contributed by atoms with van der Waals surface area (Å²) in [5, 5.41) is 8.54. The highest BCUT2D eigenvalue weighted by atomic mass is 14.6. The van der Waals surface area contributed by atoms with Gasteiger partial charge in [-0.1, -0.05) is 13.8 Å². The first-order valence-electron chi connectivity index (χ1n) is 3.24. The third-order valence-electron chi connectivity index (χ3n) is 1.43. The molecule has 0 aromatic heterocycles. The third-order valence-corrected chi connectivity index (χ3v) is 1.43. The second kappa shape index (κ2) is 3.47. The Morgan fingerprint density at radius 2 is 1.78 bits per heavy atom. The fraction of sp³-hybridized carbons (Fsp3) is 0.857. The Morgan fingerprint density at radius 1 is 1.33 bits per heavy atom. The van der Waals surface area contributed by atoms with Gasteiger partial charge in [-0.25, -0.2) is 0 Å². The Morgan fingerprint density at radius 3 is 1.78 bits per heavy atom. The molecule has 0 aliphatic carbocycles. The van der Waals surface area contributed by atoms with Crippen LogP contribution in [0.25, 0.3) is 0 Å². The quantitative estimate of drug-likeness (QED) is 0.603. The van der Waals surface area contributed by atoms with E-state index < -0.39 is 0 Å². The number of hydrogen-bond acceptors (Lipinski definition) is 2. The van der Waals surface area contributed by atoms with Crippen LogP contribution < -0.4 is 5.73 Å². The number of rotatable bonds is 2. The van der Waals surface area contributed by atoms with E-state index in [1.54, 1.807) is 0 Å². The lowest BCUT2D eigenvalue weighted by atomic mass is 9.91. The minimum Gasteiger partial charge on any atom is -0.327 e. The van der Waals surface area contributed by atoms with Gasteiger partial charge in [-0.3, -0.25) is 0 Å². The van der Waals surface area contributed by atoms with Crippen LogP contribution in [0, 0.1) is 23.2 Å². The molecule has 0 fully saturated rings. The maximum atomic E-state index is 8.54. The summed E-state index contributed by atoms with van der Waals surface area (Å²) in [6.07, 6.45) is 0. The fourth-order valence-electron chi connectivity index (χ4n) is 0.874. The van der Waals surface area contributed by atoms with Crippen LogP contribution in [0.1, 0.15) is 20.8 Å². The minimum atomic E-state index is -0.00463. The highest BCUT2D eigenvalue weighted by molar-refractivity contribution is 4.90. The van der Waals surface area contributed by atoms with E-state index in [1.807, 2.05) is 20.8 Å². The fourth-order valence-corrected chi connectivity index (χ4v) is 0.874. The molecule has 2 nitrogen and oxygen atoms in total. The van der Waals surface area contributed by atoms with Crippen molar-refractivity contribution in [3.8, 4) is 6.07 Å². The molecule has 0 radical (unpaired) electrons. The lowest BCUT2D eigenvalue weighted by molar-refractivity contribution is 0.414. The minimum absolute atomic E-state index is 0.00463. The Balaban J connectivity index is 3.87. The van der Waals surface area contributed by atoms with E-state index in [-0.39, 0.29) is 12.0 Å². The van der Waals surface area contributed by atoms with Gasteiger partial charge in [0.15, 0.2) is 0 Å². The molecular formula is C7H14N2. The van der Waals surface area contributed by atoms with E-state index in [9.17, 15) is 0 Å². The van der Waals surface area contributed by atoms with Crippen molar-refractivity contribution in [2.24, 2.45) is 17.6 Å². The standard InChI is InChI=1S/C7H14N2/c1-5(2)7(4-8)6(3)9/h5-7H,9H2,1-3H3. The third kappa shape index (κ3) is 2.48. The Labute approximate surface area is 56.7 Å². The van der Waals surface area contributed by atoms with Crippen LogP contribution in [0.4, 0.5) is 0 Å². The molecule has 2 unspecified atom stereocenters. The summed E-state index contributed by atoms with van der Waals surface area (Å²) in [6, 6.07) is 2.17. The lowest BCUT2D eigenvalue weighted by Crippen LogP contribution is -2.28. The first-order chi connectivity index (χ1) is 4.09. The highest BCUT2D eigenvalue weighted by Crippen LogP contribution is 2.11. The van der Waals surface area contributed by atoms with Gasteiger partial charge >= 0.3 is 0 Å². The summed E-state index contributed by atoms with van der Waals surface area (Å²) in [7, 11) is 0. The topological polar surface area (TPSA) is 49.8 Å². The molecule has 0 rings (SSSR count). The summed E-state index contributed by atoms with van der Waals surface area (Å²) in [5.41, 5.74) is 5.53. The first kappa shape index (κ1) is 8.45. The molecule has 52 valence electrons. The van der Waals surface area contributed by atoms with Crippen LogP contribution in [-0.2, 0) is 0 Å². The highest BCUT2D eigenvalue weighted by Gasteiger charge is 2.15. The normalized spacial score (nSPS) is 16.9. The van der Waals surface area contributed by atoms with Crippen LogP contribution in [-0.4, -0.2) is 6.04 Å². The second-order valence-electron chi connectivity index (χ2n) is 2.76. The molecule has 0 aliphatic heterocycles. The molecule has 2 N–H and O–H groups in total. The zero-order chi connectivity index (χ0) is 7.44. The SMILES string of the molecule is CC(C)C(C#N)C(C)N. The summed E-state index contributed by atoms with van der Waals surface area (Å²) < 4.78 is 0. The van der Waals surface area contributed by atoms with E-state index >= 15 is 0 Å². The Bertz CT molecular complexity index is 103. The molecular weight excluding hydrogens is 112 g/mol.